The van der Waals surface area contributed by atoms with Gasteiger partial charge in [0.1, 0.15) is 6.33 Å². The molecular formula is C19H28N4O. The number of hydrogen-bond acceptors (Lipinski definition) is 3. The summed E-state index contributed by atoms with van der Waals surface area (Å²) in [5, 5.41) is 3.22. The summed E-state index contributed by atoms with van der Waals surface area (Å²) in [5.74, 6) is 0.446. The standard InChI is InChI=1S/C19H26N4O.H2/c1-12-8-13(2)23-11-20-15(16(23)21-12)17(24)22-18(3,4)14-9-19(10-14)6-5-7-19;/h8,11,14H,5-7,9-10H2,1-4H3,(H,22,24);1H. The number of fused-ring (bicyclic) bond motifs is 1. The van der Waals surface area contributed by atoms with E-state index in [0.29, 0.717) is 22.7 Å². The van der Waals surface area contributed by atoms with Gasteiger partial charge in [-0.25, -0.2) is 9.97 Å². The van der Waals surface area contributed by atoms with Crippen molar-refractivity contribution in [1.82, 2.24) is 19.7 Å². The molecule has 0 atom stereocenters. The molecule has 2 heterocycles. The zero-order valence-electron chi connectivity index (χ0n) is 15.0. The zero-order valence-corrected chi connectivity index (χ0v) is 15.0. The third-order valence-electron chi connectivity index (χ3n) is 6.27. The van der Waals surface area contributed by atoms with Gasteiger partial charge in [-0.05, 0) is 70.8 Å². The minimum absolute atomic E-state index is 0. The van der Waals surface area contributed by atoms with Crippen LogP contribution in [0.5, 0.6) is 0 Å². The van der Waals surface area contributed by atoms with Gasteiger partial charge in [0.2, 0.25) is 0 Å². The van der Waals surface area contributed by atoms with Gasteiger partial charge in [-0.2, -0.15) is 0 Å². The van der Waals surface area contributed by atoms with Crippen LogP contribution in [-0.2, 0) is 0 Å². The first-order valence-electron chi connectivity index (χ1n) is 8.94. The lowest BCUT2D eigenvalue weighted by Gasteiger charge is -2.58. The van der Waals surface area contributed by atoms with E-state index in [1.54, 1.807) is 6.33 Å². The van der Waals surface area contributed by atoms with E-state index in [4.69, 9.17) is 0 Å². The number of imidazole rings is 1. The Kier molecular flexibility index (Phi) is 3.28. The van der Waals surface area contributed by atoms with Gasteiger partial charge in [0.05, 0.1) is 0 Å². The van der Waals surface area contributed by atoms with Crippen LogP contribution in [0.25, 0.3) is 5.65 Å². The Bertz CT molecular complexity index is 814. The first-order valence-corrected chi connectivity index (χ1v) is 8.94. The molecule has 0 aliphatic heterocycles. The molecule has 0 aromatic carbocycles. The number of aromatic nitrogens is 3. The predicted octanol–water partition coefficient (Wildman–Crippen LogP) is 3.68. The molecule has 5 nitrogen and oxygen atoms in total. The lowest BCUT2D eigenvalue weighted by molar-refractivity contribution is -0.0573. The second kappa shape index (κ2) is 5.04. The van der Waals surface area contributed by atoms with Crippen molar-refractivity contribution in [3.05, 3.63) is 29.5 Å². The van der Waals surface area contributed by atoms with E-state index in [1.807, 2.05) is 24.3 Å². The smallest absolute Gasteiger partial charge is 0.274 e. The summed E-state index contributed by atoms with van der Waals surface area (Å²) in [6.07, 6.45) is 8.32. The Labute approximate surface area is 144 Å². The lowest BCUT2D eigenvalue weighted by Crippen LogP contribution is -2.57. The molecule has 0 bridgehead atoms. The van der Waals surface area contributed by atoms with Crippen molar-refractivity contribution >= 4 is 11.6 Å². The third kappa shape index (κ3) is 2.33. The van der Waals surface area contributed by atoms with Crippen LogP contribution < -0.4 is 5.32 Å². The highest BCUT2D eigenvalue weighted by molar-refractivity contribution is 5.98. The number of rotatable bonds is 3. The van der Waals surface area contributed by atoms with Crippen LogP contribution in [0.3, 0.4) is 0 Å². The minimum atomic E-state index is -0.202. The molecule has 2 saturated carbocycles. The van der Waals surface area contributed by atoms with E-state index < -0.39 is 0 Å². The molecule has 0 unspecified atom stereocenters. The van der Waals surface area contributed by atoms with Crippen molar-refractivity contribution in [2.45, 2.75) is 65.3 Å². The highest BCUT2D eigenvalue weighted by Crippen LogP contribution is 2.61. The molecule has 2 aromatic heterocycles. The maximum atomic E-state index is 12.8. The summed E-state index contributed by atoms with van der Waals surface area (Å²) < 4.78 is 1.88. The van der Waals surface area contributed by atoms with Gasteiger partial charge >= 0.3 is 0 Å². The van der Waals surface area contributed by atoms with Gasteiger partial charge in [-0.1, -0.05) is 6.42 Å². The Hall–Kier alpha value is -1.91. The second-order valence-electron chi connectivity index (χ2n) is 8.46. The zero-order chi connectivity index (χ0) is 17.1. The fourth-order valence-electron chi connectivity index (χ4n) is 4.47. The maximum Gasteiger partial charge on any atom is 0.274 e. The minimum Gasteiger partial charge on any atom is -0.345 e. The molecule has 2 aromatic rings. The highest BCUT2D eigenvalue weighted by atomic mass is 16.2. The van der Waals surface area contributed by atoms with Gasteiger partial charge in [-0.15, -0.1) is 0 Å². The van der Waals surface area contributed by atoms with Crippen molar-refractivity contribution in [3.8, 4) is 0 Å². The monoisotopic (exact) mass is 328 g/mol. The van der Waals surface area contributed by atoms with Crippen LogP contribution in [-0.4, -0.2) is 25.8 Å². The van der Waals surface area contributed by atoms with Gasteiger partial charge in [0.25, 0.3) is 5.91 Å². The molecule has 0 saturated heterocycles. The van der Waals surface area contributed by atoms with E-state index in [2.05, 4.69) is 29.1 Å². The summed E-state index contributed by atoms with van der Waals surface area (Å²) in [6.45, 7) is 8.23. The van der Waals surface area contributed by atoms with Gasteiger partial charge in [0, 0.05) is 18.4 Å². The van der Waals surface area contributed by atoms with Crippen molar-refractivity contribution in [3.63, 3.8) is 0 Å². The van der Waals surface area contributed by atoms with E-state index in [0.717, 1.165) is 11.4 Å². The largest absolute Gasteiger partial charge is 0.345 e. The van der Waals surface area contributed by atoms with Gasteiger partial charge in [-0.3, -0.25) is 9.20 Å². The summed E-state index contributed by atoms with van der Waals surface area (Å²) in [6, 6.07) is 1.99. The van der Waals surface area contributed by atoms with E-state index in [9.17, 15) is 4.79 Å². The van der Waals surface area contributed by atoms with Crippen molar-refractivity contribution in [1.29, 1.82) is 0 Å². The Balaban J connectivity index is 0.00000182. The SMILES string of the molecule is Cc1cc(C)n2cnc(C(=O)NC(C)(C)C3CC4(CCC4)C3)c2n1.[HH]. The molecule has 1 amide bonds. The van der Waals surface area contributed by atoms with Crippen molar-refractivity contribution < 1.29 is 6.22 Å². The number of nitrogens with zero attached hydrogens (tertiary/aromatic N) is 3. The number of carbonyl (C=O) groups excluding carboxylic acids is 1. The number of aryl methyl sites for hydroxylation is 2. The molecule has 24 heavy (non-hydrogen) atoms. The van der Waals surface area contributed by atoms with Crippen LogP contribution >= 0.6 is 0 Å². The first-order chi connectivity index (χ1) is 11.3. The fraction of sp³-hybridized carbons (Fsp3) is 0.632. The fourth-order valence-corrected chi connectivity index (χ4v) is 4.47. The second-order valence-corrected chi connectivity index (χ2v) is 8.46. The van der Waals surface area contributed by atoms with E-state index >= 15 is 0 Å². The summed E-state index contributed by atoms with van der Waals surface area (Å²) in [5.41, 5.74) is 3.42. The Morgan fingerprint density at radius 3 is 2.71 bits per heavy atom. The molecule has 5 heteroatoms. The molecule has 4 rings (SSSR count). The number of nitrogens with one attached hydrogen (secondary N) is 1. The molecule has 2 fully saturated rings. The molecule has 0 radical (unpaired) electrons. The normalized spacial score (nSPS) is 20.0. The van der Waals surface area contributed by atoms with Crippen molar-refractivity contribution in [2.24, 2.45) is 11.3 Å². The molecule has 2 aliphatic carbocycles. The van der Waals surface area contributed by atoms with Crippen LogP contribution in [0.2, 0.25) is 0 Å². The van der Waals surface area contributed by atoms with Crippen LogP contribution in [0.15, 0.2) is 12.4 Å². The predicted molar refractivity (Wildman–Crippen MR) is 95.1 cm³/mol. The third-order valence-corrected chi connectivity index (χ3v) is 6.27. The van der Waals surface area contributed by atoms with Crippen LogP contribution in [0.4, 0.5) is 0 Å². The topological polar surface area (TPSA) is 59.3 Å². The molecule has 130 valence electrons. The first kappa shape index (κ1) is 15.6. The Morgan fingerprint density at radius 2 is 2.08 bits per heavy atom. The van der Waals surface area contributed by atoms with E-state index in [-0.39, 0.29) is 12.9 Å². The average Bonchev–Trinajstić information content (AvgIpc) is 2.78. The highest BCUT2D eigenvalue weighted by Gasteiger charge is 2.53. The van der Waals surface area contributed by atoms with Crippen LogP contribution in [0.1, 0.15) is 69.3 Å². The lowest BCUT2D eigenvalue weighted by atomic mass is 9.48. The van der Waals surface area contributed by atoms with Crippen molar-refractivity contribution in [2.75, 3.05) is 0 Å². The number of amides is 1. The molecule has 1 spiro atoms. The summed E-state index contributed by atoms with van der Waals surface area (Å²) in [4.78, 5) is 21.7. The quantitative estimate of drug-likeness (QED) is 0.935. The van der Waals surface area contributed by atoms with Gasteiger partial charge < -0.3 is 5.32 Å². The number of carbonyl (C=O) groups is 1. The van der Waals surface area contributed by atoms with Crippen LogP contribution in [0, 0.1) is 25.2 Å². The maximum absolute atomic E-state index is 12.8. The number of hydrogen-bond donors (Lipinski definition) is 1. The van der Waals surface area contributed by atoms with E-state index in [1.165, 1.54) is 32.1 Å². The molecule has 1 N–H and O–H groups in total. The van der Waals surface area contributed by atoms with Gasteiger partial charge in [0.15, 0.2) is 11.3 Å². The summed E-state index contributed by atoms with van der Waals surface area (Å²) >= 11 is 0. The molecule has 2 aliphatic rings. The molecular weight excluding hydrogens is 300 g/mol. The Morgan fingerprint density at radius 1 is 1.38 bits per heavy atom. The summed E-state index contributed by atoms with van der Waals surface area (Å²) in [7, 11) is 0. The average molecular weight is 328 g/mol.